The summed E-state index contributed by atoms with van der Waals surface area (Å²) in [7, 11) is 0. The maximum absolute atomic E-state index is 12.9. The van der Waals surface area contributed by atoms with Crippen LogP contribution in [0.1, 0.15) is 34.3 Å². The molecule has 1 saturated heterocycles. The average Bonchev–Trinajstić information content (AvgIpc) is 3.22. The Morgan fingerprint density at radius 1 is 1.07 bits per heavy atom. The summed E-state index contributed by atoms with van der Waals surface area (Å²) in [4.78, 5) is 26.9. The molecule has 28 heavy (non-hydrogen) atoms. The number of carbonyl (C=O) groups excluding carboxylic acids is 2. The Kier molecular flexibility index (Phi) is 6.63. The van der Waals surface area contributed by atoms with E-state index >= 15 is 0 Å². The highest BCUT2D eigenvalue weighted by molar-refractivity contribution is 6.01. The molecule has 0 saturated carbocycles. The van der Waals surface area contributed by atoms with Crippen LogP contribution in [0, 0.1) is 12.7 Å². The molecular weight excluding hydrogens is 357 g/mol. The summed E-state index contributed by atoms with van der Waals surface area (Å²) in [6.45, 7) is 4.05. The molecule has 0 atom stereocenters. The first-order valence-corrected chi connectivity index (χ1v) is 9.68. The van der Waals surface area contributed by atoms with E-state index in [4.69, 9.17) is 0 Å². The van der Waals surface area contributed by atoms with Crippen molar-refractivity contribution < 1.29 is 14.0 Å². The minimum Gasteiger partial charge on any atom is -0.376 e. The lowest BCUT2D eigenvalue weighted by molar-refractivity contribution is -0.119. The highest BCUT2D eigenvalue weighted by atomic mass is 19.1. The fraction of sp³-hybridized carbons (Fsp3) is 0.364. The van der Waals surface area contributed by atoms with Gasteiger partial charge in [-0.05, 0) is 55.5 Å². The van der Waals surface area contributed by atoms with Gasteiger partial charge in [-0.3, -0.25) is 9.59 Å². The van der Waals surface area contributed by atoms with Crippen LogP contribution in [-0.4, -0.2) is 42.9 Å². The summed E-state index contributed by atoms with van der Waals surface area (Å²) < 4.78 is 12.9. The summed E-state index contributed by atoms with van der Waals surface area (Å²) in [5, 5.41) is 5.95. The van der Waals surface area contributed by atoms with Gasteiger partial charge in [0.1, 0.15) is 5.82 Å². The second-order valence-electron chi connectivity index (χ2n) is 7.08. The third kappa shape index (κ3) is 5.09. The van der Waals surface area contributed by atoms with E-state index in [0.29, 0.717) is 24.2 Å². The zero-order valence-electron chi connectivity index (χ0n) is 16.1. The Morgan fingerprint density at radius 2 is 1.79 bits per heavy atom. The first-order valence-electron chi connectivity index (χ1n) is 9.68. The topological polar surface area (TPSA) is 61.4 Å². The van der Waals surface area contributed by atoms with Gasteiger partial charge < -0.3 is 15.5 Å². The minimum absolute atomic E-state index is 0.0230. The first-order chi connectivity index (χ1) is 13.5. The second-order valence-corrected chi connectivity index (χ2v) is 7.08. The van der Waals surface area contributed by atoms with Crippen molar-refractivity contribution in [2.24, 2.45) is 0 Å². The van der Waals surface area contributed by atoms with Crippen LogP contribution >= 0.6 is 0 Å². The number of benzene rings is 2. The lowest BCUT2D eigenvalue weighted by Crippen LogP contribution is -2.33. The smallest absolute Gasteiger partial charge is 0.256 e. The van der Waals surface area contributed by atoms with E-state index in [9.17, 15) is 14.0 Å². The number of hydrogen-bond donors (Lipinski definition) is 2. The van der Waals surface area contributed by atoms with Crippen LogP contribution < -0.4 is 10.6 Å². The quantitative estimate of drug-likeness (QED) is 0.772. The van der Waals surface area contributed by atoms with Crippen LogP contribution in [0.3, 0.4) is 0 Å². The standard InChI is InChI=1S/C22H26FN3O2/c1-16-5-4-6-19(21(16)22(28)26-13-2-3-14-26)25-15-20(27)24-12-11-17-7-9-18(23)10-8-17/h4-10,25H,2-3,11-15H2,1H3,(H,24,27). The molecule has 6 heteroatoms. The zero-order valence-corrected chi connectivity index (χ0v) is 16.1. The number of nitrogens with zero attached hydrogens (tertiary/aromatic N) is 1. The molecule has 0 radical (unpaired) electrons. The van der Waals surface area contributed by atoms with Gasteiger partial charge in [0, 0.05) is 25.3 Å². The van der Waals surface area contributed by atoms with Crippen LogP contribution in [-0.2, 0) is 11.2 Å². The fourth-order valence-electron chi connectivity index (χ4n) is 3.41. The van der Waals surface area contributed by atoms with Gasteiger partial charge in [0.05, 0.1) is 12.1 Å². The molecule has 0 aliphatic carbocycles. The van der Waals surface area contributed by atoms with E-state index in [0.717, 1.165) is 37.1 Å². The molecule has 0 bridgehead atoms. The first kappa shape index (κ1) is 19.9. The van der Waals surface area contributed by atoms with Crippen molar-refractivity contribution in [1.82, 2.24) is 10.2 Å². The van der Waals surface area contributed by atoms with Gasteiger partial charge in [-0.2, -0.15) is 0 Å². The largest absolute Gasteiger partial charge is 0.376 e. The highest BCUT2D eigenvalue weighted by Crippen LogP contribution is 2.23. The molecule has 3 rings (SSSR count). The van der Waals surface area contributed by atoms with Crippen LogP contribution in [0.15, 0.2) is 42.5 Å². The maximum atomic E-state index is 12.9. The normalized spacial score (nSPS) is 13.4. The fourth-order valence-corrected chi connectivity index (χ4v) is 3.41. The highest BCUT2D eigenvalue weighted by Gasteiger charge is 2.23. The lowest BCUT2D eigenvalue weighted by Gasteiger charge is -2.20. The van der Waals surface area contributed by atoms with Gasteiger partial charge in [0.25, 0.3) is 5.91 Å². The number of anilines is 1. The number of nitrogens with one attached hydrogen (secondary N) is 2. The van der Waals surface area contributed by atoms with Gasteiger partial charge in [0.2, 0.25) is 5.91 Å². The molecule has 1 aliphatic rings. The number of aryl methyl sites for hydroxylation is 1. The molecule has 0 spiro atoms. The van der Waals surface area contributed by atoms with Crippen molar-refractivity contribution in [2.45, 2.75) is 26.2 Å². The molecule has 148 valence electrons. The Balaban J connectivity index is 1.53. The molecular formula is C22H26FN3O2. The Labute approximate surface area is 164 Å². The van der Waals surface area contributed by atoms with Gasteiger partial charge in [0.15, 0.2) is 0 Å². The summed E-state index contributed by atoms with van der Waals surface area (Å²) in [5.41, 5.74) is 3.19. The molecule has 1 heterocycles. The molecule has 0 unspecified atom stereocenters. The lowest BCUT2D eigenvalue weighted by atomic mass is 10.0. The van der Waals surface area contributed by atoms with Crippen molar-refractivity contribution in [3.05, 3.63) is 65.0 Å². The van der Waals surface area contributed by atoms with E-state index < -0.39 is 0 Å². The van der Waals surface area contributed by atoms with Crippen molar-refractivity contribution in [1.29, 1.82) is 0 Å². The number of likely N-dealkylation sites (tertiary alicyclic amines) is 1. The maximum Gasteiger partial charge on any atom is 0.256 e. The predicted octanol–water partition coefficient (Wildman–Crippen LogP) is 3.14. The van der Waals surface area contributed by atoms with Crippen molar-refractivity contribution in [2.75, 3.05) is 31.5 Å². The Hall–Kier alpha value is -2.89. The third-order valence-electron chi connectivity index (χ3n) is 4.97. The predicted molar refractivity (Wildman–Crippen MR) is 108 cm³/mol. The van der Waals surface area contributed by atoms with Crippen molar-refractivity contribution >= 4 is 17.5 Å². The number of halogens is 1. The molecule has 2 N–H and O–H groups in total. The van der Waals surface area contributed by atoms with Gasteiger partial charge in [-0.1, -0.05) is 24.3 Å². The number of hydrogen-bond acceptors (Lipinski definition) is 3. The van der Waals surface area contributed by atoms with E-state index in [1.54, 1.807) is 12.1 Å². The third-order valence-corrected chi connectivity index (χ3v) is 4.97. The molecule has 0 aromatic heterocycles. The van der Waals surface area contributed by atoms with Crippen molar-refractivity contribution in [3.63, 3.8) is 0 Å². The van der Waals surface area contributed by atoms with Crippen LogP contribution in [0.5, 0.6) is 0 Å². The number of rotatable bonds is 7. The summed E-state index contributed by atoms with van der Waals surface area (Å²) in [6, 6.07) is 11.9. The van der Waals surface area contributed by atoms with Gasteiger partial charge in [-0.15, -0.1) is 0 Å². The summed E-state index contributed by atoms with van der Waals surface area (Å²) in [5.74, 6) is -0.396. The summed E-state index contributed by atoms with van der Waals surface area (Å²) in [6.07, 6.45) is 2.71. The van der Waals surface area contributed by atoms with Gasteiger partial charge in [-0.25, -0.2) is 4.39 Å². The van der Waals surface area contributed by atoms with E-state index in [1.165, 1.54) is 12.1 Å². The van der Waals surface area contributed by atoms with Crippen molar-refractivity contribution in [3.8, 4) is 0 Å². The van der Waals surface area contributed by atoms with Gasteiger partial charge >= 0.3 is 0 Å². The van der Waals surface area contributed by atoms with Crippen LogP contribution in [0.2, 0.25) is 0 Å². The SMILES string of the molecule is Cc1cccc(NCC(=O)NCCc2ccc(F)cc2)c1C(=O)N1CCCC1. The monoisotopic (exact) mass is 383 g/mol. The van der Waals surface area contributed by atoms with Crippen LogP contribution in [0.4, 0.5) is 10.1 Å². The Morgan fingerprint density at radius 3 is 2.50 bits per heavy atom. The number of carbonyl (C=O) groups is 2. The van der Waals surface area contributed by atoms with E-state index in [-0.39, 0.29) is 24.2 Å². The molecule has 1 aliphatic heterocycles. The molecule has 2 aromatic carbocycles. The van der Waals surface area contributed by atoms with E-state index in [1.807, 2.05) is 30.0 Å². The second kappa shape index (κ2) is 9.35. The molecule has 5 nitrogen and oxygen atoms in total. The number of amides is 2. The van der Waals surface area contributed by atoms with Crippen LogP contribution in [0.25, 0.3) is 0 Å². The zero-order chi connectivity index (χ0) is 19.9. The Bertz CT molecular complexity index is 830. The summed E-state index contributed by atoms with van der Waals surface area (Å²) >= 11 is 0. The van der Waals surface area contributed by atoms with E-state index in [2.05, 4.69) is 10.6 Å². The molecule has 1 fully saturated rings. The molecule has 2 aromatic rings. The molecule has 2 amide bonds. The minimum atomic E-state index is -0.269. The average molecular weight is 383 g/mol.